The molecule has 0 spiro atoms. The predicted octanol–water partition coefficient (Wildman–Crippen LogP) is 2.22. The third-order valence-corrected chi connectivity index (χ3v) is 2.54. The van der Waals surface area contributed by atoms with E-state index in [9.17, 15) is 4.79 Å². The summed E-state index contributed by atoms with van der Waals surface area (Å²) in [4.78, 5) is 11.5. The second-order valence-corrected chi connectivity index (χ2v) is 3.63. The van der Waals surface area contributed by atoms with E-state index in [-0.39, 0.29) is 11.9 Å². The fraction of sp³-hybridized carbons (Fsp3) is 0.417. The predicted molar refractivity (Wildman–Crippen MR) is 57.4 cm³/mol. The Morgan fingerprint density at radius 2 is 2.50 bits per heavy atom. The van der Waals surface area contributed by atoms with E-state index in [0.29, 0.717) is 18.1 Å². The Kier molecular flexibility index (Phi) is 3.29. The SMILES string of the molecule is CO/C(=C\C1CCCOC1=O)c1ccco1. The third kappa shape index (κ3) is 2.27. The summed E-state index contributed by atoms with van der Waals surface area (Å²) in [5.74, 6) is 0.788. The van der Waals surface area contributed by atoms with Crippen molar-refractivity contribution in [2.45, 2.75) is 12.8 Å². The van der Waals surface area contributed by atoms with Gasteiger partial charge in [0.05, 0.1) is 25.9 Å². The van der Waals surface area contributed by atoms with E-state index in [1.807, 2.05) is 0 Å². The second-order valence-electron chi connectivity index (χ2n) is 3.63. The summed E-state index contributed by atoms with van der Waals surface area (Å²) in [6.07, 6.45) is 5.02. The molecule has 2 rings (SSSR count). The summed E-state index contributed by atoms with van der Waals surface area (Å²) >= 11 is 0. The fourth-order valence-corrected chi connectivity index (χ4v) is 1.70. The molecule has 16 heavy (non-hydrogen) atoms. The molecule has 1 atom stereocenters. The van der Waals surface area contributed by atoms with E-state index in [1.54, 1.807) is 31.6 Å². The van der Waals surface area contributed by atoms with Crippen LogP contribution >= 0.6 is 0 Å². The van der Waals surface area contributed by atoms with Crippen molar-refractivity contribution < 1.29 is 18.7 Å². The highest BCUT2D eigenvalue weighted by Gasteiger charge is 2.23. The van der Waals surface area contributed by atoms with Gasteiger partial charge in [0.25, 0.3) is 0 Å². The molecule has 0 saturated carbocycles. The number of ether oxygens (including phenoxy) is 2. The van der Waals surface area contributed by atoms with Crippen molar-refractivity contribution in [2.24, 2.45) is 5.92 Å². The summed E-state index contributed by atoms with van der Waals surface area (Å²) in [6, 6.07) is 3.57. The van der Waals surface area contributed by atoms with Gasteiger partial charge in [-0.1, -0.05) is 0 Å². The molecule has 0 amide bonds. The summed E-state index contributed by atoms with van der Waals surface area (Å²) in [7, 11) is 1.56. The Hall–Kier alpha value is -1.71. The number of hydrogen-bond donors (Lipinski definition) is 0. The highest BCUT2D eigenvalue weighted by molar-refractivity contribution is 5.77. The van der Waals surface area contributed by atoms with Crippen LogP contribution in [0.15, 0.2) is 28.9 Å². The summed E-state index contributed by atoms with van der Waals surface area (Å²) < 4.78 is 15.4. The molecule has 0 bridgehead atoms. The molecule has 2 heterocycles. The van der Waals surface area contributed by atoms with Crippen LogP contribution in [0.1, 0.15) is 18.6 Å². The molecule has 1 saturated heterocycles. The molecular formula is C12H14O4. The first-order chi connectivity index (χ1) is 7.81. The molecule has 1 aliphatic heterocycles. The van der Waals surface area contributed by atoms with Crippen molar-refractivity contribution >= 4 is 11.7 Å². The number of esters is 1. The molecule has 0 aliphatic carbocycles. The Morgan fingerprint density at radius 3 is 3.12 bits per heavy atom. The van der Waals surface area contributed by atoms with Gasteiger partial charge >= 0.3 is 5.97 Å². The van der Waals surface area contributed by atoms with Gasteiger partial charge < -0.3 is 13.9 Å². The van der Waals surface area contributed by atoms with E-state index < -0.39 is 0 Å². The lowest BCUT2D eigenvalue weighted by Crippen LogP contribution is -2.22. The van der Waals surface area contributed by atoms with Crippen molar-refractivity contribution in [3.8, 4) is 0 Å². The Morgan fingerprint density at radius 1 is 1.62 bits per heavy atom. The fourth-order valence-electron chi connectivity index (χ4n) is 1.70. The van der Waals surface area contributed by atoms with Gasteiger partial charge in [-0.2, -0.15) is 0 Å². The average molecular weight is 222 g/mol. The van der Waals surface area contributed by atoms with Gasteiger partial charge in [-0.15, -0.1) is 0 Å². The topological polar surface area (TPSA) is 48.7 Å². The maximum Gasteiger partial charge on any atom is 0.312 e. The van der Waals surface area contributed by atoms with Crippen LogP contribution in [0.5, 0.6) is 0 Å². The van der Waals surface area contributed by atoms with Crippen LogP contribution < -0.4 is 0 Å². The molecular weight excluding hydrogens is 208 g/mol. The van der Waals surface area contributed by atoms with Gasteiger partial charge in [0.15, 0.2) is 11.5 Å². The van der Waals surface area contributed by atoms with E-state index in [2.05, 4.69) is 0 Å². The van der Waals surface area contributed by atoms with Crippen molar-refractivity contribution in [1.82, 2.24) is 0 Å². The van der Waals surface area contributed by atoms with Crippen LogP contribution in [0, 0.1) is 5.92 Å². The van der Waals surface area contributed by atoms with Gasteiger partial charge in [0.1, 0.15) is 0 Å². The number of carbonyl (C=O) groups excluding carboxylic acids is 1. The molecule has 1 aliphatic rings. The molecule has 0 radical (unpaired) electrons. The Labute approximate surface area is 93.8 Å². The number of rotatable bonds is 3. The van der Waals surface area contributed by atoms with Crippen LogP contribution in [0.25, 0.3) is 5.76 Å². The minimum Gasteiger partial charge on any atom is -0.493 e. The van der Waals surface area contributed by atoms with E-state index in [0.717, 1.165) is 12.8 Å². The average Bonchev–Trinajstić information content (AvgIpc) is 2.81. The summed E-state index contributed by atoms with van der Waals surface area (Å²) in [5, 5.41) is 0. The second kappa shape index (κ2) is 4.88. The lowest BCUT2D eigenvalue weighted by atomic mass is 10.0. The van der Waals surface area contributed by atoms with Crippen LogP contribution in [-0.2, 0) is 14.3 Å². The first kappa shape index (κ1) is 10.8. The molecule has 0 aromatic carbocycles. The van der Waals surface area contributed by atoms with Gasteiger partial charge in [0, 0.05) is 0 Å². The maximum absolute atomic E-state index is 11.5. The highest BCUT2D eigenvalue weighted by Crippen LogP contribution is 2.23. The van der Waals surface area contributed by atoms with Crippen molar-refractivity contribution in [3.63, 3.8) is 0 Å². The molecule has 4 heteroatoms. The van der Waals surface area contributed by atoms with Crippen molar-refractivity contribution in [1.29, 1.82) is 0 Å². The normalized spacial score (nSPS) is 21.7. The standard InChI is InChI=1S/C12H14O4/c1-14-11(10-5-3-6-15-10)8-9-4-2-7-16-12(9)13/h3,5-6,8-9H,2,4,7H2,1H3/b11-8-. The minimum absolute atomic E-state index is 0.188. The van der Waals surface area contributed by atoms with Gasteiger partial charge in [-0.05, 0) is 31.1 Å². The third-order valence-electron chi connectivity index (χ3n) is 2.54. The molecule has 4 nitrogen and oxygen atoms in total. The lowest BCUT2D eigenvalue weighted by Gasteiger charge is -2.18. The zero-order valence-electron chi connectivity index (χ0n) is 9.14. The molecule has 86 valence electrons. The van der Waals surface area contributed by atoms with Crippen LogP contribution in [0.4, 0.5) is 0 Å². The quantitative estimate of drug-likeness (QED) is 0.581. The van der Waals surface area contributed by atoms with E-state index in [1.165, 1.54) is 0 Å². The number of carbonyl (C=O) groups is 1. The molecule has 1 fully saturated rings. The number of cyclic esters (lactones) is 1. The monoisotopic (exact) mass is 222 g/mol. The molecule has 0 N–H and O–H groups in total. The smallest absolute Gasteiger partial charge is 0.312 e. The van der Waals surface area contributed by atoms with Crippen molar-refractivity contribution in [3.05, 3.63) is 30.2 Å². The zero-order valence-corrected chi connectivity index (χ0v) is 9.14. The minimum atomic E-state index is -0.228. The molecule has 1 aromatic rings. The van der Waals surface area contributed by atoms with Crippen LogP contribution in [0.3, 0.4) is 0 Å². The van der Waals surface area contributed by atoms with Gasteiger partial charge in [-0.25, -0.2) is 0 Å². The van der Waals surface area contributed by atoms with E-state index in [4.69, 9.17) is 13.9 Å². The van der Waals surface area contributed by atoms with E-state index >= 15 is 0 Å². The Bertz CT molecular complexity index is 378. The van der Waals surface area contributed by atoms with Gasteiger partial charge in [0.2, 0.25) is 0 Å². The number of furan rings is 1. The van der Waals surface area contributed by atoms with Gasteiger partial charge in [-0.3, -0.25) is 4.79 Å². The van der Waals surface area contributed by atoms with Crippen molar-refractivity contribution in [2.75, 3.05) is 13.7 Å². The van der Waals surface area contributed by atoms with Crippen LogP contribution in [0.2, 0.25) is 0 Å². The highest BCUT2D eigenvalue weighted by atomic mass is 16.5. The van der Waals surface area contributed by atoms with Crippen LogP contribution in [-0.4, -0.2) is 19.7 Å². The number of methoxy groups -OCH3 is 1. The molecule has 1 aromatic heterocycles. The maximum atomic E-state index is 11.5. The lowest BCUT2D eigenvalue weighted by molar-refractivity contribution is -0.150. The molecule has 1 unspecified atom stereocenters. The first-order valence-corrected chi connectivity index (χ1v) is 5.27. The zero-order chi connectivity index (χ0) is 11.4. The largest absolute Gasteiger partial charge is 0.493 e. The summed E-state index contributed by atoms with van der Waals surface area (Å²) in [6.45, 7) is 0.520. The Balaban J connectivity index is 2.17. The number of hydrogen-bond acceptors (Lipinski definition) is 4. The first-order valence-electron chi connectivity index (χ1n) is 5.27. The summed E-state index contributed by atoms with van der Waals surface area (Å²) in [5.41, 5.74) is 0.